The Kier molecular flexibility index (Phi) is 3.42. The van der Waals surface area contributed by atoms with Crippen molar-refractivity contribution in [1.29, 1.82) is 0 Å². The maximum Gasteiger partial charge on any atom is 0.243 e. The summed E-state index contributed by atoms with van der Waals surface area (Å²) in [5.41, 5.74) is 2.34. The Morgan fingerprint density at radius 3 is 2.79 bits per heavy atom. The number of likely N-dealkylation sites (tertiary alicyclic amines) is 1. The van der Waals surface area contributed by atoms with Gasteiger partial charge in [0.05, 0.1) is 0 Å². The van der Waals surface area contributed by atoms with Gasteiger partial charge in [0.15, 0.2) is 0 Å². The van der Waals surface area contributed by atoms with Crippen molar-refractivity contribution in [2.75, 3.05) is 25.5 Å². The van der Waals surface area contributed by atoms with Crippen LogP contribution in [0.1, 0.15) is 18.4 Å². The summed E-state index contributed by atoms with van der Waals surface area (Å²) in [6.45, 7) is 2.15. The van der Waals surface area contributed by atoms with Gasteiger partial charge < -0.3 is 15.5 Å². The van der Waals surface area contributed by atoms with Gasteiger partial charge in [-0.25, -0.2) is 0 Å². The number of amides is 1. The Labute approximate surface area is 114 Å². The minimum Gasteiger partial charge on any atom is -0.373 e. The molecule has 4 heteroatoms. The second kappa shape index (κ2) is 5.21. The second-order valence-corrected chi connectivity index (χ2v) is 5.64. The first-order valence-corrected chi connectivity index (χ1v) is 7.06. The molecule has 1 fully saturated rings. The van der Waals surface area contributed by atoms with Crippen LogP contribution in [0.5, 0.6) is 0 Å². The van der Waals surface area contributed by atoms with Crippen LogP contribution < -0.4 is 10.6 Å². The van der Waals surface area contributed by atoms with E-state index in [4.69, 9.17) is 0 Å². The number of carbonyl (C=O) groups is 1. The fraction of sp³-hybridized carbons (Fsp3) is 0.533. The number of fused-ring (bicyclic) bond motifs is 1. The first-order valence-electron chi connectivity index (χ1n) is 7.06. The number of carbonyl (C=O) groups excluding carboxylic acids is 1. The summed E-state index contributed by atoms with van der Waals surface area (Å²) in [7, 11) is 2.13. The van der Waals surface area contributed by atoms with Gasteiger partial charge in [0.1, 0.15) is 6.04 Å². The van der Waals surface area contributed by atoms with E-state index in [1.54, 1.807) is 0 Å². The fourth-order valence-electron chi connectivity index (χ4n) is 2.91. The third-order valence-corrected chi connectivity index (χ3v) is 4.15. The van der Waals surface area contributed by atoms with Crippen molar-refractivity contribution in [3.63, 3.8) is 0 Å². The molecule has 102 valence electrons. The number of hydrogen-bond acceptors (Lipinski definition) is 3. The predicted molar refractivity (Wildman–Crippen MR) is 76.2 cm³/mol. The van der Waals surface area contributed by atoms with Crippen LogP contribution in [0.3, 0.4) is 0 Å². The number of benzene rings is 1. The van der Waals surface area contributed by atoms with E-state index in [-0.39, 0.29) is 11.9 Å². The number of rotatable bonds is 2. The molecule has 1 unspecified atom stereocenters. The Balaban J connectivity index is 1.55. The molecule has 1 amide bonds. The second-order valence-electron chi connectivity index (χ2n) is 5.64. The van der Waals surface area contributed by atoms with E-state index in [2.05, 4.69) is 28.6 Å². The summed E-state index contributed by atoms with van der Waals surface area (Å²) in [6, 6.07) is 8.40. The van der Waals surface area contributed by atoms with Gasteiger partial charge in [0, 0.05) is 18.2 Å². The van der Waals surface area contributed by atoms with Gasteiger partial charge in [-0.2, -0.15) is 0 Å². The van der Waals surface area contributed by atoms with Crippen LogP contribution in [0.4, 0.5) is 5.69 Å². The molecule has 3 rings (SSSR count). The SMILES string of the molecule is CN1CCC(NC(=O)C2Cc3ccccc3N2)CC1. The van der Waals surface area contributed by atoms with Crippen LogP contribution in [-0.2, 0) is 11.2 Å². The van der Waals surface area contributed by atoms with Crippen molar-refractivity contribution in [2.24, 2.45) is 0 Å². The molecule has 0 bridgehead atoms. The normalized spacial score (nSPS) is 23.7. The highest BCUT2D eigenvalue weighted by Gasteiger charge is 2.28. The fourth-order valence-corrected chi connectivity index (χ4v) is 2.91. The topological polar surface area (TPSA) is 44.4 Å². The van der Waals surface area contributed by atoms with Crippen LogP contribution >= 0.6 is 0 Å². The molecule has 2 aliphatic heterocycles. The summed E-state index contributed by atoms with van der Waals surface area (Å²) in [6.07, 6.45) is 2.92. The number of nitrogens with zero attached hydrogens (tertiary/aromatic N) is 1. The van der Waals surface area contributed by atoms with Gasteiger partial charge in [-0.3, -0.25) is 4.79 Å². The molecule has 1 saturated heterocycles. The van der Waals surface area contributed by atoms with Crippen molar-refractivity contribution in [2.45, 2.75) is 31.3 Å². The highest BCUT2D eigenvalue weighted by atomic mass is 16.2. The Morgan fingerprint density at radius 2 is 2.05 bits per heavy atom. The lowest BCUT2D eigenvalue weighted by Crippen LogP contribution is -2.48. The summed E-state index contributed by atoms with van der Waals surface area (Å²) >= 11 is 0. The zero-order valence-electron chi connectivity index (χ0n) is 11.4. The summed E-state index contributed by atoms with van der Waals surface area (Å²) in [5, 5.41) is 6.50. The summed E-state index contributed by atoms with van der Waals surface area (Å²) in [5.74, 6) is 0.144. The molecule has 4 nitrogen and oxygen atoms in total. The van der Waals surface area contributed by atoms with Gasteiger partial charge in [0.2, 0.25) is 5.91 Å². The van der Waals surface area contributed by atoms with E-state index in [9.17, 15) is 4.79 Å². The Morgan fingerprint density at radius 1 is 1.32 bits per heavy atom. The smallest absolute Gasteiger partial charge is 0.243 e. The third kappa shape index (κ3) is 2.73. The van der Waals surface area contributed by atoms with Crippen LogP contribution in [0.2, 0.25) is 0 Å². The number of nitrogens with one attached hydrogen (secondary N) is 2. The quantitative estimate of drug-likeness (QED) is 0.840. The van der Waals surface area contributed by atoms with E-state index in [0.717, 1.165) is 38.0 Å². The van der Waals surface area contributed by atoms with Crippen molar-refractivity contribution in [3.05, 3.63) is 29.8 Å². The number of piperidine rings is 1. The van der Waals surface area contributed by atoms with Crippen molar-refractivity contribution in [3.8, 4) is 0 Å². The van der Waals surface area contributed by atoms with Crippen molar-refractivity contribution in [1.82, 2.24) is 10.2 Å². The molecule has 0 radical (unpaired) electrons. The van der Waals surface area contributed by atoms with Gasteiger partial charge in [-0.1, -0.05) is 18.2 Å². The monoisotopic (exact) mass is 259 g/mol. The van der Waals surface area contributed by atoms with Crippen molar-refractivity contribution >= 4 is 11.6 Å². The lowest BCUT2D eigenvalue weighted by Gasteiger charge is -2.30. The molecular formula is C15H21N3O. The first-order chi connectivity index (χ1) is 9.22. The Hall–Kier alpha value is -1.55. The molecular weight excluding hydrogens is 238 g/mol. The molecule has 1 aromatic carbocycles. The van der Waals surface area contributed by atoms with Crippen molar-refractivity contribution < 1.29 is 4.79 Å². The van der Waals surface area contributed by atoms with E-state index >= 15 is 0 Å². The third-order valence-electron chi connectivity index (χ3n) is 4.15. The maximum atomic E-state index is 12.3. The van der Waals surface area contributed by atoms with Gasteiger partial charge in [-0.05, 0) is 44.6 Å². The van der Waals surface area contributed by atoms with Gasteiger partial charge >= 0.3 is 0 Å². The van der Waals surface area contributed by atoms with Crippen LogP contribution in [-0.4, -0.2) is 43.0 Å². The average Bonchev–Trinajstić information content (AvgIpc) is 2.85. The number of para-hydroxylation sites is 1. The molecule has 0 spiro atoms. The molecule has 2 N–H and O–H groups in total. The van der Waals surface area contributed by atoms with E-state index < -0.39 is 0 Å². The molecule has 0 aromatic heterocycles. The number of anilines is 1. The molecule has 2 aliphatic rings. The lowest BCUT2D eigenvalue weighted by molar-refractivity contribution is -0.122. The predicted octanol–water partition coefficient (Wildman–Crippen LogP) is 1.23. The average molecular weight is 259 g/mol. The van der Waals surface area contributed by atoms with Crippen LogP contribution in [0, 0.1) is 0 Å². The minimum atomic E-state index is -0.0999. The van der Waals surface area contributed by atoms with Crippen LogP contribution in [0.25, 0.3) is 0 Å². The zero-order valence-corrected chi connectivity index (χ0v) is 11.4. The zero-order chi connectivity index (χ0) is 13.2. The van der Waals surface area contributed by atoms with E-state index in [0.29, 0.717) is 6.04 Å². The standard InChI is InChI=1S/C15H21N3O/c1-18-8-6-12(7-9-18)16-15(19)14-10-11-4-2-3-5-13(11)17-14/h2-5,12,14,17H,6-10H2,1H3,(H,16,19). The summed E-state index contributed by atoms with van der Waals surface area (Å²) in [4.78, 5) is 14.6. The largest absolute Gasteiger partial charge is 0.373 e. The van der Waals surface area contributed by atoms with Gasteiger partial charge in [-0.15, -0.1) is 0 Å². The molecule has 1 atom stereocenters. The minimum absolute atomic E-state index is 0.0999. The van der Waals surface area contributed by atoms with E-state index in [1.807, 2.05) is 18.2 Å². The number of hydrogen-bond donors (Lipinski definition) is 2. The lowest BCUT2D eigenvalue weighted by atomic mass is 10.0. The van der Waals surface area contributed by atoms with Crippen LogP contribution in [0.15, 0.2) is 24.3 Å². The molecule has 19 heavy (non-hydrogen) atoms. The highest BCUT2D eigenvalue weighted by Crippen LogP contribution is 2.25. The molecule has 1 aromatic rings. The molecule has 2 heterocycles. The first kappa shape index (κ1) is 12.5. The summed E-state index contributed by atoms with van der Waals surface area (Å²) < 4.78 is 0. The van der Waals surface area contributed by atoms with Gasteiger partial charge in [0.25, 0.3) is 0 Å². The van der Waals surface area contributed by atoms with E-state index in [1.165, 1.54) is 5.56 Å². The highest BCUT2D eigenvalue weighted by molar-refractivity contribution is 5.87. The maximum absolute atomic E-state index is 12.3. The molecule has 0 saturated carbocycles. The Bertz CT molecular complexity index is 441. The molecule has 0 aliphatic carbocycles.